The molecule has 29 heavy (non-hydrogen) atoms. The lowest BCUT2D eigenvalue weighted by molar-refractivity contribution is -0.138. The molecule has 2 N–H and O–H groups in total. The van der Waals surface area contributed by atoms with Gasteiger partial charge in [0.1, 0.15) is 30.8 Å². The molecule has 6 heteroatoms. The SMILES string of the molecule is Cc1ccc(OCCOc2cccc(C3NC(C(=O)O)CS3)c2)c(C(C)(C)C)c1. The van der Waals surface area contributed by atoms with Crippen LogP contribution in [-0.2, 0) is 10.2 Å². The highest BCUT2D eigenvalue weighted by Gasteiger charge is 2.30. The molecule has 0 aliphatic carbocycles. The predicted octanol–water partition coefficient (Wildman–Crippen LogP) is 4.54. The molecule has 0 bridgehead atoms. The van der Waals surface area contributed by atoms with Crippen molar-refractivity contribution in [2.45, 2.75) is 44.5 Å². The summed E-state index contributed by atoms with van der Waals surface area (Å²) in [5.41, 5.74) is 3.44. The fourth-order valence-corrected chi connectivity index (χ4v) is 4.46. The van der Waals surface area contributed by atoms with Gasteiger partial charge in [0.15, 0.2) is 0 Å². The molecule has 3 rings (SSSR count). The minimum absolute atomic E-state index is 0.0102. The van der Waals surface area contributed by atoms with Crippen molar-refractivity contribution in [3.63, 3.8) is 0 Å². The van der Waals surface area contributed by atoms with E-state index in [0.29, 0.717) is 19.0 Å². The topological polar surface area (TPSA) is 67.8 Å². The van der Waals surface area contributed by atoms with Crippen molar-refractivity contribution in [3.8, 4) is 11.5 Å². The minimum Gasteiger partial charge on any atom is -0.490 e. The second-order valence-electron chi connectivity index (χ2n) is 8.29. The Morgan fingerprint density at radius 1 is 1.17 bits per heavy atom. The summed E-state index contributed by atoms with van der Waals surface area (Å²) in [6, 6.07) is 13.5. The number of rotatable bonds is 7. The lowest BCUT2D eigenvalue weighted by Crippen LogP contribution is -2.33. The van der Waals surface area contributed by atoms with Gasteiger partial charge in [0.2, 0.25) is 0 Å². The summed E-state index contributed by atoms with van der Waals surface area (Å²) < 4.78 is 11.9. The van der Waals surface area contributed by atoms with Crippen molar-refractivity contribution in [2.75, 3.05) is 19.0 Å². The molecule has 0 radical (unpaired) electrons. The van der Waals surface area contributed by atoms with Gasteiger partial charge in [0.05, 0.1) is 5.37 Å². The number of thioether (sulfide) groups is 1. The number of ether oxygens (including phenoxy) is 2. The van der Waals surface area contributed by atoms with Crippen LogP contribution in [0.1, 0.15) is 42.8 Å². The van der Waals surface area contributed by atoms with Crippen LogP contribution in [0.15, 0.2) is 42.5 Å². The van der Waals surface area contributed by atoms with E-state index in [9.17, 15) is 4.79 Å². The first-order valence-corrected chi connectivity index (χ1v) is 10.9. The van der Waals surface area contributed by atoms with E-state index < -0.39 is 12.0 Å². The van der Waals surface area contributed by atoms with Gasteiger partial charge in [-0.25, -0.2) is 0 Å². The van der Waals surface area contributed by atoms with Crippen LogP contribution in [0.25, 0.3) is 0 Å². The van der Waals surface area contributed by atoms with Crippen LogP contribution in [0.5, 0.6) is 11.5 Å². The third-order valence-corrected chi connectivity index (χ3v) is 6.06. The van der Waals surface area contributed by atoms with Crippen LogP contribution in [0, 0.1) is 6.92 Å². The Morgan fingerprint density at radius 3 is 2.62 bits per heavy atom. The van der Waals surface area contributed by atoms with Crippen molar-refractivity contribution < 1.29 is 19.4 Å². The van der Waals surface area contributed by atoms with E-state index in [2.05, 4.69) is 45.1 Å². The van der Waals surface area contributed by atoms with Crippen LogP contribution in [-0.4, -0.2) is 36.1 Å². The van der Waals surface area contributed by atoms with Gasteiger partial charge in [-0.3, -0.25) is 10.1 Å². The molecule has 1 fully saturated rings. The van der Waals surface area contributed by atoms with Gasteiger partial charge in [-0.2, -0.15) is 0 Å². The molecule has 0 amide bonds. The molecule has 2 atom stereocenters. The van der Waals surface area contributed by atoms with Gasteiger partial charge in [0, 0.05) is 5.75 Å². The highest BCUT2D eigenvalue weighted by molar-refractivity contribution is 7.99. The van der Waals surface area contributed by atoms with E-state index in [0.717, 1.165) is 17.1 Å². The number of carboxylic acids is 1. The number of hydrogen-bond acceptors (Lipinski definition) is 5. The zero-order valence-electron chi connectivity index (χ0n) is 17.4. The Labute approximate surface area is 176 Å². The zero-order chi connectivity index (χ0) is 21.0. The number of carbonyl (C=O) groups is 1. The fourth-order valence-electron chi connectivity index (χ4n) is 3.24. The standard InChI is InChI=1S/C23H29NO4S/c1-15-8-9-20(18(12-15)23(2,3)4)28-11-10-27-17-7-5-6-16(13-17)21-24-19(14-29-21)22(25)26/h5-9,12-13,19,21,24H,10-11,14H2,1-4H3,(H,25,26). The third kappa shape index (κ3) is 5.67. The highest BCUT2D eigenvalue weighted by Crippen LogP contribution is 2.34. The predicted molar refractivity (Wildman–Crippen MR) is 117 cm³/mol. The molecule has 2 aromatic carbocycles. The molecule has 2 unspecified atom stereocenters. The molecule has 156 valence electrons. The summed E-state index contributed by atoms with van der Waals surface area (Å²) in [6.07, 6.45) is 0. The first-order chi connectivity index (χ1) is 13.7. The maximum atomic E-state index is 11.1. The van der Waals surface area contributed by atoms with Crippen molar-refractivity contribution in [3.05, 3.63) is 59.2 Å². The largest absolute Gasteiger partial charge is 0.490 e. The molecule has 1 saturated heterocycles. The molecule has 0 saturated carbocycles. The second kappa shape index (κ2) is 9.09. The van der Waals surface area contributed by atoms with Crippen LogP contribution >= 0.6 is 11.8 Å². The van der Waals surface area contributed by atoms with Gasteiger partial charge in [-0.1, -0.05) is 50.6 Å². The number of aliphatic carboxylic acids is 1. The van der Waals surface area contributed by atoms with Crippen LogP contribution in [0.3, 0.4) is 0 Å². The highest BCUT2D eigenvalue weighted by atomic mass is 32.2. The monoisotopic (exact) mass is 415 g/mol. The number of carboxylic acid groups (broad SMARTS) is 1. The summed E-state index contributed by atoms with van der Waals surface area (Å²) in [4.78, 5) is 11.1. The van der Waals surface area contributed by atoms with Gasteiger partial charge in [-0.05, 0) is 41.7 Å². The lowest BCUT2D eigenvalue weighted by atomic mass is 9.85. The van der Waals surface area contributed by atoms with E-state index in [1.807, 2.05) is 30.3 Å². The maximum absolute atomic E-state index is 11.1. The molecule has 5 nitrogen and oxygen atoms in total. The quantitative estimate of drug-likeness (QED) is 0.647. The normalized spacial score (nSPS) is 19.2. The molecule has 1 heterocycles. The maximum Gasteiger partial charge on any atom is 0.321 e. The molecule has 0 aromatic heterocycles. The average molecular weight is 416 g/mol. The van der Waals surface area contributed by atoms with Crippen molar-refractivity contribution in [2.24, 2.45) is 0 Å². The molecular formula is C23H29NO4S. The second-order valence-corrected chi connectivity index (χ2v) is 9.43. The third-order valence-electron chi connectivity index (χ3n) is 4.79. The first kappa shape index (κ1) is 21.5. The Bertz CT molecular complexity index is 862. The van der Waals surface area contributed by atoms with E-state index in [1.165, 1.54) is 11.1 Å². The number of aryl methyl sites for hydroxylation is 1. The van der Waals surface area contributed by atoms with Crippen LogP contribution in [0.4, 0.5) is 0 Å². The van der Waals surface area contributed by atoms with Crippen molar-refractivity contribution in [1.82, 2.24) is 5.32 Å². The summed E-state index contributed by atoms with van der Waals surface area (Å²) in [5.74, 6) is 1.40. The Kier molecular flexibility index (Phi) is 6.75. The summed E-state index contributed by atoms with van der Waals surface area (Å²) in [5, 5.41) is 12.2. The van der Waals surface area contributed by atoms with E-state index >= 15 is 0 Å². The lowest BCUT2D eigenvalue weighted by Gasteiger charge is -2.23. The number of hydrogen-bond donors (Lipinski definition) is 2. The van der Waals surface area contributed by atoms with Gasteiger partial charge in [0.25, 0.3) is 0 Å². The van der Waals surface area contributed by atoms with Gasteiger partial charge < -0.3 is 14.6 Å². The zero-order valence-corrected chi connectivity index (χ0v) is 18.2. The molecule has 1 aliphatic rings. The van der Waals surface area contributed by atoms with E-state index in [-0.39, 0.29) is 10.8 Å². The molecule has 2 aromatic rings. The summed E-state index contributed by atoms with van der Waals surface area (Å²) in [6.45, 7) is 9.52. The number of benzene rings is 2. The van der Waals surface area contributed by atoms with Crippen molar-refractivity contribution in [1.29, 1.82) is 0 Å². The average Bonchev–Trinajstić information content (AvgIpc) is 3.16. The molecule has 0 spiro atoms. The summed E-state index contributed by atoms with van der Waals surface area (Å²) in [7, 11) is 0. The fraction of sp³-hybridized carbons (Fsp3) is 0.435. The first-order valence-electron chi connectivity index (χ1n) is 9.81. The van der Waals surface area contributed by atoms with Crippen LogP contribution in [0.2, 0.25) is 0 Å². The smallest absolute Gasteiger partial charge is 0.321 e. The minimum atomic E-state index is -0.810. The Morgan fingerprint density at radius 2 is 1.93 bits per heavy atom. The van der Waals surface area contributed by atoms with E-state index in [1.54, 1.807) is 11.8 Å². The number of nitrogens with one attached hydrogen (secondary N) is 1. The molecular weight excluding hydrogens is 386 g/mol. The van der Waals surface area contributed by atoms with Crippen molar-refractivity contribution >= 4 is 17.7 Å². The van der Waals surface area contributed by atoms with Gasteiger partial charge in [-0.15, -0.1) is 11.8 Å². The Hall–Kier alpha value is -2.18. The van der Waals surface area contributed by atoms with Crippen LogP contribution < -0.4 is 14.8 Å². The molecule has 1 aliphatic heterocycles. The van der Waals surface area contributed by atoms with E-state index in [4.69, 9.17) is 14.6 Å². The van der Waals surface area contributed by atoms with Gasteiger partial charge >= 0.3 is 5.97 Å². The Balaban J connectivity index is 1.55. The summed E-state index contributed by atoms with van der Waals surface area (Å²) >= 11 is 1.60.